The van der Waals surface area contributed by atoms with Gasteiger partial charge < -0.3 is 56.1 Å². The lowest BCUT2D eigenvalue weighted by atomic mass is 10.2. The number of nitrogens with zero attached hydrogens (tertiary/aromatic N) is 9. The Morgan fingerprint density at radius 2 is 1.27 bits per heavy atom. The Morgan fingerprint density at radius 3 is 1.90 bits per heavy atom. The summed E-state index contributed by atoms with van der Waals surface area (Å²) in [5.41, 5.74) is 16.1. The van der Waals surface area contributed by atoms with Crippen molar-refractivity contribution in [3.63, 3.8) is 0 Å². The Bertz CT molecular complexity index is 2770. The third-order valence-corrected chi connectivity index (χ3v) is 12.4. The quantitative estimate of drug-likeness (QED) is 0.0498. The van der Waals surface area contributed by atoms with Gasteiger partial charge in [-0.1, -0.05) is 0 Å². The van der Waals surface area contributed by atoms with Crippen LogP contribution in [0.15, 0.2) is 40.8 Å². The number of aliphatic hydroxyl groups is 1. The molecule has 0 saturated carbocycles. The summed E-state index contributed by atoms with van der Waals surface area (Å²) in [6.07, 6.45) is -7.23. The number of aromatic nitrogens is 10. The van der Waals surface area contributed by atoms with Gasteiger partial charge in [0.2, 0.25) is 5.95 Å². The topological polar surface area (TPSA) is 446 Å². The van der Waals surface area contributed by atoms with Gasteiger partial charge in [-0.2, -0.15) is 9.97 Å². The van der Waals surface area contributed by atoms with Crippen molar-refractivity contribution in [2.24, 2.45) is 0 Å². The van der Waals surface area contributed by atoms with Crippen LogP contribution < -0.4 is 28.5 Å². The van der Waals surface area contributed by atoms with Crippen LogP contribution in [-0.4, -0.2) is 130 Å². The number of phosphoric ester groups is 3. The van der Waals surface area contributed by atoms with E-state index in [0.29, 0.717) is 0 Å². The molecule has 0 spiro atoms. The number of imidazole rings is 2. The fourth-order valence-electron chi connectivity index (χ4n) is 7.09. The molecular weight excluding hydrogens is 911 g/mol. The maximum Gasteiger partial charge on any atom is 0.472 e. The molecule has 3 aliphatic heterocycles. The third-order valence-electron chi connectivity index (χ3n) is 9.93. The van der Waals surface area contributed by atoms with E-state index in [1.54, 1.807) is 0 Å². The predicted molar refractivity (Wildman–Crippen MR) is 206 cm³/mol. The van der Waals surface area contributed by atoms with Crippen LogP contribution in [0.25, 0.3) is 22.3 Å². The molecule has 12 N–H and O–H groups in total. The molecule has 0 radical (unpaired) electrons. The summed E-state index contributed by atoms with van der Waals surface area (Å²) in [6.45, 7) is -2.40. The molecule has 3 fully saturated rings. The molecule has 34 heteroatoms. The smallest absolute Gasteiger partial charge is 0.390 e. The SMILES string of the molecule is Nc1ccn(C2CC(OP(=O)(O)OCC3OC(n4cnc5c(N)ncnc54)CC3OP(=O)(O)OCC3OC(n4cnc5c(=O)[nH]c(N)nc54)CC3O)C(COP(=O)(O)O)O2)c(=O)n1. The predicted octanol–water partition coefficient (Wildman–Crippen LogP) is -1.70. The van der Waals surface area contributed by atoms with Crippen LogP contribution in [0.1, 0.15) is 37.9 Å². The van der Waals surface area contributed by atoms with Gasteiger partial charge in [-0.25, -0.2) is 38.4 Å². The molecule has 11 atom stereocenters. The van der Waals surface area contributed by atoms with E-state index in [1.807, 2.05) is 0 Å². The maximum absolute atomic E-state index is 13.5. The molecule has 8 heterocycles. The summed E-state index contributed by atoms with van der Waals surface area (Å²) in [4.78, 5) is 91.4. The number of anilines is 3. The Hall–Kier alpha value is -4.65. The monoisotopic (exact) mass is 949 g/mol. The summed E-state index contributed by atoms with van der Waals surface area (Å²) in [5, 5.41) is 10.8. The molecule has 0 aromatic carbocycles. The number of ether oxygens (including phenoxy) is 3. The number of hydrogen-bond donors (Lipinski definition) is 9. The van der Waals surface area contributed by atoms with Crippen molar-refractivity contribution in [2.75, 3.05) is 37.0 Å². The molecular formula is C29H38N13O18P3. The number of hydrogen-bond acceptors (Lipinski definition) is 23. The Morgan fingerprint density at radius 1 is 0.714 bits per heavy atom. The zero-order valence-electron chi connectivity index (χ0n) is 32.0. The van der Waals surface area contributed by atoms with Gasteiger partial charge >= 0.3 is 29.2 Å². The van der Waals surface area contributed by atoms with Crippen molar-refractivity contribution in [3.8, 4) is 0 Å². The first kappa shape index (κ1) is 44.9. The van der Waals surface area contributed by atoms with Crippen molar-refractivity contribution < 1.29 is 75.2 Å². The lowest BCUT2D eigenvalue weighted by Crippen LogP contribution is -2.31. The second-order valence-electron chi connectivity index (χ2n) is 14.2. The van der Waals surface area contributed by atoms with Gasteiger partial charge in [0.1, 0.15) is 66.9 Å². The second-order valence-corrected chi connectivity index (χ2v) is 18.2. The highest BCUT2D eigenvalue weighted by Crippen LogP contribution is 2.52. The molecule has 0 bridgehead atoms. The number of aromatic amines is 1. The number of nitrogens with two attached hydrogens (primary N) is 3. The minimum absolute atomic E-state index is 0.0325. The van der Waals surface area contributed by atoms with Crippen LogP contribution in [0.3, 0.4) is 0 Å². The van der Waals surface area contributed by atoms with E-state index in [4.69, 9.17) is 49.5 Å². The van der Waals surface area contributed by atoms with Crippen molar-refractivity contribution >= 4 is 63.4 Å². The second kappa shape index (κ2) is 17.4. The third kappa shape index (κ3) is 10.0. The Labute approximate surface area is 350 Å². The van der Waals surface area contributed by atoms with E-state index < -0.39 is 110 Å². The van der Waals surface area contributed by atoms with E-state index in [-0.39, 0.29) is 59.2 Å². The van der Waals surface area contributed by atoms with Crippen LogP contribution in [0.2, 0.25) is 0 Å². The summed E-state index contributed by atoms with van der Waals surface area (Å²) < 4.78 is 85.7. The first-order chi connectivity index (χ1) is 29.7. The van der Waals surface area contributed by atoms with Crippen molar-refractivity contribution in [2.45, 2.75) is 74.6 Å². The highest BCUT2D eigenvalue weighted by Gasteiger charge is 2.47. The standard InChI is InChI=1S/C29H38N13O18P3/c30-18-1-2-40(29(45)37-18)20-4-13(16(57-20)7-53-61(46,47)48)59-63(51,52)55-8-17-14(5-21(58-17)41-10-35-22-24(31)33-9-34-25(22)41)60-62(49,50)54-6-15-12(43)3-19(56-15)42-11-36-23-26(42)38-28(32)39-27(23)44/h1-2,9-17,19-21,43H,3-8H2,(H,49,50)(H,51,52)(H2,30,37,45)(H2,31,33,34)(H2,46,47,48)(H3,32,38,39,44). The van der Waals surface area contributed by atoms with Crippen molar-refractivity contribution in [3.05, 3.63) is 52.1 Å². The molecule has 31 nitrogen and oxygen atoms in total. The van der Waals surface area contributed by atoms with Gasteiger partial charge in [0.25, 0.3) is 5.56 Å². The van der Waals surface area contributed by atoms with E-state index in [1.165, 1.54) is 34.1 Å². The normalized spacial score (nSPS) is 28.5. The minimum atomic E-state index is -5.21. The molecule has 5 aromatic rings. The number of fused-ring (bicyclic) bond motifs is 2. The summed E-state index contributed by atoms with van der Waals surface area (Å²) in [5.74, 6) is -0.270. The van der Waals surface area contributed by atoms with Crippen molar-refractivity contribution in [1.29, 1.82) is 0 Å². The number of H-pyrrole nitrogens is 1. The molecule has 3 saturated heterocycles. The molecule has 3 aliphatic rings. The summed E-state index contributed by atoms with van der Waals surface area (Å²) >= 11 is 0. The molecule has 0 amide bonds. The minimum Gasteiger partial charge on any atom is -0.390 e. The fourth-order valence-corrected chi connectivity index (χ4v) is 9.35. The van der Waals surface area contributed by atoms with Crippen LogP contribution >= 0.6 is 23.5 Å². The van der Waals surface area contributed by atoms with Gasteiger partial charge in [-0.3, -0.25) is 46.1 Å². The van der Waals surface area contributed by atoms with Crippen LogP contribution in [0.5, 0.6) is 0 Å². The van der Waals surface area contributed by atoms with E-state index in [9.17, 15) is 48.0 Å². The molecule has 8 rings (SSSR count). The molecule has 0 aliphatic carbocycles. The maximum atomic E-state index is 13.5. The van der Waals surface area contributed by atoms with Crippen LogP contribution in [0, 0.1) is 0 Å². The molecule has 5 aromatic heterocycles. The average molecular weight is 950 g/mol. The largest absolute Gasteiger partial charge is 0.472 e. The first-order valence-corrected chi connectivity index (χ1v) is 22.9. The van der Waals surface area contributed by atoms with Gasteiger partial charge in [-0.05, 0) is 6.07 Å². The van der Waals surface area contributed by atoms with Gasteiger partial charge in [0.15, 0.2) is 22.6 Å². The number of phosphoric acid groups is 3. The highest BCUT2D eigenvalue weighted by atomic mass is 31.2. The highest BCUT2D eigenvalue weighted by molar-refractivity contribution is 7.47. The molecule has 11 unspecified atom stereocenters. The van der Waals surface area contributed by atoms with E-state index in [0.717, 1.165) is 10.9 Å². The zero-order valence-corrected chi connectivity index (χ0v) is 34.7. The van der Waals surface area contributed by atoms with Gasteiger partial charge in [0, 0.05) is 25.5 Å². The summed E-state index contributed by atoms with van der Waals surface area (Å²) in [7, 11) is -15.4. The van der Waals surface area contributed by atoms with Gasteiger partial charge in [-0.15, -0.1) is 0 Å². The first-order valence-electron chi connectivity index (χ1n) is 18.4. The zero-order chi connectivity index (χ0) is 45.0. The lowest BCUT2D eigenvalue weighted by molar-refractivity contribution is -0.0601. The van der Waals surface area contributed by atoms with Crippen LogP contribution in [-0.2, 0) is 50.5 Å². The number of aliphatic hydroxyl groups excluding tert-OH is 1. The van der Waals surface area contributed by atoms with E-state index in [2.05, 4.69) is 39.4 Å². The Balaban J connectivity index is 0.960. The van der Waals surface area contributed by atoms with Gasteiger partial charge in [0.05, 0.1) is 38.6 Å². The number of nitrogen functional groups attached to an aromatic ring is 3. The molecule has 63 heavy (non-hydrogen) atoms. The van der Waals surface area contributed by atoms with E-state index >= 15 is 0 Å². The molecule has 342 valence electrons. The fraction of sp³-hybridized carbons (Fsp3) is 0.517. The Kier molecular flexibility index (Phi) is 12.4. The van der Waals surface area contributed by atoms with Crippen molar-refractivity contribution in [1.82, 2.24) is 48.6 Å². The number of rotatable bonds is 16. The average Bonchev–Trinajstić information content (AvgIpc) is 4.03. The summed E-state index contributed by atoms with van der Waals surface area (Å²) in [6, 6.07) is 1.27. The van der Waals surface area contributed by atoms with Crippen LogP contribution in [0.4, 0.5) is 17.6 Å². The number of nitrogens with one attached hydrogen (secondary N) is 1. The lowest BCUT2D eigenvalue weighted by Gasteiger charge is -2.24.